The number of thiophene rings is 1. The minimum atomic E-state index is 0.0226. The summed E-state index contributed by atoms with van der Waals surface area (Å²) in [4.78, 5) is 24.2. The molecular weight excluding hydrogens is 298 g/mol. The number of ketones is 1. The van der Waals surface area contributed by atoms with Crippen molar-refractivity contribution in [2.75, 3.05) is 6.61 Å². The highest BCUT2D eigenvalue weighted by Crippen LogP contribution is 2.39. The third-order valence-corrected chi connectivity index (χ3v) is 5.78. The first-order valence-electron chi connectivity index (χ1n) is 8.08. The summed E-state index contributed by atoms with van der Waals surface area (Å²) < 4.78 is 6.02. The molecule has 0 unspecified atom stereocenters. The first kappa shape index (κ1) is 15.7. The van der Waals surface area contributed by atoms with Gasteiger partial charge >= 0.3 is 0 Å². The third-order valence-electron chi connectivity index (χ3n) is 4.70. The Kier molecular flexibility index (Phi) is 4.64. The van der Waals surface area contributed by atoms with Crippen LogP contribution >= 0.6 is 11.3 Å². The second kappa shape index (κ2) is 6.50. The van der Waals surface area contributed by atoms with Crippen molar-refractivity contribution in [3.63, 3.8) is 0 Å². The van der Waals surface area contributed by atoms with Crippen LogP contribution in [0.4, 0.5) is 0 Å². The molecule has 1 aromatic rings. The Bertz CT molecular complexity index is 560. The van der Waals surface area contributed by atoms with Crippen LogP contribution in [0.2, 0.25) is 0 Å². The van der Waals surface area contributed by atoms with Gasteiger partial charge in [-0.3, -0.25) is 9.59 Å². The maximum Gasteiger partial charge on any atom is 0.224 e. The van der Waals surface area contributed by atoms with Crippen LogP contribution in [0.25, 0.3) is 0 Å². The standard InChI is InChI=1S/C17H23NO3S/c1-12(19)15-7-13(11-22-15)8-16(20)18-14-9-17(21-10-14)5-3-2-4-6-17/h7,11,14H,2-6,8-10H2,1H3,(H,18,20)/t14-/m0/s1. The third kappa shape index (κ3) is 3.58. The largest absolute Gasteiger partial charge is 0.373 e. The van der Waals surface area contributed by atoms with Gasteiger partial charge in [0, 0.05) is 0 Å². The van der Waals surface area contributed by atoms with E-state index in [1.807, 2.05) is 11.4 Å². The van der Waals surface area contributed by atoms with E-state index in [0.717, 1.165) is 24.8 Å². The molecule has 5 heteroatoms. The average molecular weight is 321 g/mol. The van der Waals surface area contributed by atoms with Crippen molar-refractivity contribution >= 4 is 23.0 Å². The summed E-state index contributed by atoms with van der Waals surface area (Å²) in [5.41, 5.74) is 0.944. The van der Waals surface area contributed by atoms with E-state index in [1.54, 1.807) is 6.92 Å². The summed E-state index contributed by atoms with van der Waals surface area (Å²) >= 11 is 1.41. The maximum atomic E-state index is 12.2. The molecule has 3 rings (SSSR count). The highest BCUT2D eigenvalue weighted by molar-refractivity contribution is 7.12. The van der Waals surface area contributed by atoms with Gasteiger partial charge in [0.05, 0.1) is 29.5 Å². The van der Waals surface area contributed by atoms with E-state index in [2.05, 4.69) is 5.32 Å². The van der Waals surface area contributed by atoms with Gasteiger partial charge in [0.2, 0.25) is 5.91 Å². The number of carbonyl (C=O) groups is 2. The van der Waals surface area contributed by atoms with Gasteiger partial charge in [0.15, 0.2) is 5.78 Å². The summed E-state index contributed by atoms with van der Waals surface area (Å²) in [6, 6.07) is 1.96. The maximum absolute atomic E-state index is 12.2. The van der Waals surface area contributed by atoms with Crippen LogP contribution in [0.1, 0.15) is 60.7 Å². The Labute approximate surface area is 135 Å². The fourth-order valence-electron chi connectivity index (χ4n) is 3.60. The molecule has 120 valence electrons. The van der Waals surface area contributed by atoms with Gasteiger partial charge in [0.1, 0.15) is 0 Å². The van der Waals surface area contributed by atoms with Gasteiger partial charge < -0.3 is 10.1 Å². The van der Waals surface area contributed by atoms with Crippen LogP contribution in [0.3, 0.4) is 0 Å². The van der Waals surface area contributed by atoms with Crippen LogP contribution < -0.4 is 5.32 Å². The molecule has 0 radical (unpaired) electrons. The van der Waals surface area contributed by atoms with E-state index in [4.69, 9.17) is 4.74 Å². The fraction of sp³-hybridized carbons (Fsp3) is 0.647. The molecule has 1 N–H and O–H groups in total. The average Bonchev–Trinajstić information content (AvgIpc) is 3.08. The van der Waals surface area contributed by atoms with Gasteiger partial charge in [0.25, 0.3) is 0 Å². The Balaban J connectivity index is 1.50. The zero-order chi connectivity index (χ0) is 15.6. The van der Waals surface area contributed by atoms with Crippen LogP contribution in [0.15, 0.2) is 11.4 Å². The van der Waals surface area contributed by atoms with Crippen molar-refractivity contribution in [1.29, 1.82) is 0 Å². The molecule has 22 heavy (non-hydrogen) atoms. The van der Waals surface area contributed by atoms with Gasteiger partial charge in [-0.15, -0.1) is 11.3 Å². The lowest BCUT2D eigenvalue weighted by atomic mass is 9.82. The minimum absolute atomic E-state index is 0.0226. The Morgan fingerprint density at radius 1 is 1.36 bits per heavy atom. The predicted molar refractivity (Wildman–Crippen MR) is 86.3 cm³/mol. The van der Waals surface area contributed by atoms with E-state index in [9.17, 15) is 9.59 Å². The molecule has 0 bridgehead atoms. The van der Waals surface area contributed by atoms with E-state index < -0.39 is 0 Å². The number of carbonyl (C=O) groups excluding carboxylic acids is 2. The zero-order valence-corrected chi connectivity index (χ0v) is 13.8. The van der Waals surface area contributed by atoms with Gasteiger partial charge in [-0.1, -0.05) is 19.3 Å². The molecule has 1 amide bonds. The number of ether oxygens (including phenoxy) is 1. The Hall–Kier alpha value is -1.20. The number of hydrogen-bond acceptors (Lipinski definition) is 4. The summed E-state index contributed by atoms with van der Waals surface area (Å²) in [7, 11) is 0. The monoisotopic (exact) mass is 321 g/mol. The van der Waals surface area contributed by atoms with E-state index >= 15 is 0 Å². The molecule has 1 atom stereocenters. The molecule has 1 spiro atoms. The van der Waals surface area contributed by atoms with Crippen LogP contribution in [-0.4, -0.2) is 29.9 Å². The molecule has 1 aliphatic carbocycles. The fourth-order valence-corrected chi connectivity index (χ4v) is 4.41. The smallest absolute Gasteiger partial charge is 0.224 e. The lowest BCUT2D eigenvalue weighted by molar-refractivity contribution is -0.121. The molecule has 0 aromatic carbocycles. The van der Waals surface area contributed by atoms with Gasteiger partial charge in [-0.2, -0.15) is 0 Å². The number of amides is 1. The van der Waals surface area contributed by atoms with E-state index in [0.29, 0.717) is 17.9 Å². The molecule has 1 aliphatic heterocycles. The summed E-state index contributed by atoms with van der Waals surface area (Å²) in [5.74, 6) is 0.0782. The second-order valence-corrected chi connectivity index (χ2v) is 7.49. The normalized spacial score (nSPS) is 23.6. The zero-order valence-electron chi connectivity index (χ0n) is 13.0. The lowest BCUT2D eigenvalue weighted by Crippen LogP contribution is -2.38. The molecule has 2 fully saturated rings. The molecule has 4 nitrogen and oxygen atoms in total. The number of nitrogens with one attached hydrogen (secondary N) is 1. The van der Waals surface area contributed by atoms with E-state index in [1.165, 1.54) is 30.6 Å². The highest BCUT2D eigenvalue weighted by atomic mass is 32.1. The number of hydrogen-bond donors (Lipinski definition) is 1. The van der Waals surface area contributed by atoms with Crippen molar-refractivity contribution in [1.82, 2.24) is 5.32 Å². The van der Waals surface area contributed by atoms with Gasteiger partial charge in [-0.05, 0) is 43.2 Å². The first-order chi connectivity index (χ1) is 10.6. The van der Waals surface area contributed by atoms with Crippen molar-refractivity contribution in [2.24, 2.45) is 0 Å². The summed E-state index contributed by atoms with van der Waals surface area (Å²) in [6.45, 7) is 2.18. The van der Waals surface area contributed by atoms with Crippen molar-refractivity contribution in [2.45, 2.75) is 63.5 Å². The molecular formula is C17H23NO3S. The van der Waals surface area contributed by atoms with Gasteiger partial charge in [-0.25, -0.2) is 0 Å². The molecule has 1 saturated heterocycles. The van der Waals surface area contributed by atoms with Crippen LogP contribution in [-0.2, 0) is 16.0 Å². The SMILES string of the molecule is CC(=O)c1cc(CC(=O)N[C@@H]2COC3(CCCCC3)C2)cs1. The van der Waals surface area contributed by atoms with Crippen molar-refractivity contribution in [3.8, 4) is 0 Å². The Morgan fingerprint density at radius 2 is 2.14 bits per heavy atom. The quantitative estimate of drug-likeness (QED) is 0.867. The predicted octanol–water partition coefficient (Wildman–Crippen LogP) is 3.10. The topological polar surface area (TPSA) is 55.4 Å². The lowest BCUT2D eigenvalue weighted by Gasteiger charge is -2.32. The van der Waals surface area contributed by atoms with Crippen LogP contribution in [0, 0.1) is 0 Å². The highest BCUT2D eigenvalue weighted by Gasteiger charge is 2.41. The Morgan fingerprint density at radius 3 is 2.82 bits per heavy atom. The molecule has 1 aromatic heterocycles. The van der Waals surface area contributed by atoms with Crippen molar-refractivity contribution in [3.05, 3.63) is 21.9 Å². The molecule has 2 heterocycles. The number of rotatable bonds is 4. The first-order valence-corrected chi connectivity index (χ1v) is 8.96. The molecule has 2 aliphatic rings. The van der Waals surface area contributed by atoms with E-state index in [-0.39, 0.29) is 23.3 Å². The minimum Gasteiger partial charge on any atom is -0.373 e. The number of Topliss-reactive ketones (excluding diaryl/α,β-unsaturated/α-hetero) is 1. The van der Waals surface area contributed by atoms with Crippen molar-refractivity contribution < 1.29 is 14.3 Å². The second-order valence-electron chi connectivity index (χ2n) is 6.58. The van der Waals surface area contributed by atoms with Crippen LogP contribution in [0.5, 0.6) is 0 Å². The summed E-state index contributed by atoms with van der Waals surface area (Å²) in [5, 5.41) is 4.99. The summed E-state index contributed by atoms with van der Waals surface area (Å²) in [6.07, 6.45) is 7.33. The molecule has 1 saturated carbocycles.